The van der Waals surface area contributed by atoms with Crippen molar-refractivity contribution in [2.24, 2.45) is 5.92 Å². The third-order valence-electron chi connectivity index (χ3n) is 5.53. The van der Waals surface area contributed by atoms with E-state index in [1.165, 1.54) is 0 Å². The highest BCUT2D eigenvalue weighted by Crippen LogP contribution is 2.32. The lowest BCUT2D eigenvalue weighted by molar-refractivity contribution is -0.128. The van der Waals surface area contributed by atoms with E-state index >= 15 is 0 Å². The van der Waals surface area contributed by atoms with Crippen LogP contribution in [0.2, 0.25) is 0 Å². The summed E-state index contributed by atoms with van der Waals surface area (Å²) >= 11 is 0. The van der Waals surface area contributed by atoms with Gasteiger partial charge in [0.2, 0.25) is 11.8 Å². The van der Waals surface area contributed by atoms with E-state index in [4.69, 9.17) is 4.74 Å². The smallest absolute Gasteiger partial charge is 0.225 e. The molecule has 7 nitrogen and oxygen atoms in total. The molecule has 1 aromatic heterocycles. The highest BCUT2D eigenvalue weighted by atomic mass is 16.5. The molecule has 0 radical (unpaired) electrons. The summed E-state index contributed by atoms with van der Waals surface area (Å²) in [5, 5.41) is 7.71. The number of hydrogen-bond donors (Lipinski definition) is 1. The number of aromatic nitrogens is 2. The average molecular weight is 368 g/mol. The summed E-state index contributed by atoms with van der Waals surface area (Å²) in [5.74, 6) is 0.542. The number of carbonyl (C=O) groups is 2. The van der Waals surface area contributed by atoms with Gasteiger partial charge in [0.25, 0.3) is 0 Å². The van der Waals surface area contributed by atoms with Crippen molar-refractivity contribution in [1.82, 2.24) is 20.0 Å². The van der Waals surface area contributed by atoms with E-state index in [1.807, 2.05) is 35.1 Å². The highest BCUT2D eigenvalue weighted by Gasteiger charge is 2.34. The number of hydrogen-bond acceptors (Lipinski definition) is 4. The second-order valence-corrected chi connectivity index (χ2v) is 7.29. The molecule has 1 aliphatic heterocycles. The Kier molecular flexibility index (Phi) is 4.59. The number of nitrogens with zero attached hydrogens (tertiary/aromatic N) is 3. The van der Waals surface area contributed by atoms with Gasteiger partial charge in [-0.15, -0.1) is 0 Å². The van der Waals surface area contributed by atoms with E-state index in [2.05, 4.69) is 10.4 Å². The predicted molar refractivity (Wildman–Crippen MR) is 99.7 cm³/mol. The molecule has 1 N–H and O–H groups in total. The summed E-state index contributed by atoms with van der Waals surface area (Å²) < 4.78 is 7.16. The van der Waals surface area contributed by atoms with Crippen molar-refractivity contribution in [2.75, 3.05) is 20.7 Å². The number of amides is 2. The van der Waals surface area contributed by atoms with Crippen LogP contribution in [0.5, 0.6) is 5.75 Å². The zero-order valence-corrected chi connectivity index (χ0v) is 15.6. The van der Waals surface area contributed by atoms with Crippen LogP contribution in [0.3, 0.4) is 0 Å². The van der Waals surface area contributed by atoms with Crippen LogP contribution in [0.4, 0.5) is 0 Å². The monoisotopic (exact) mass is 368 g/mol. The Balaban J connectivity index is 1.53. The average Bonchev–Trinajstić information content (AvgIpc) is 3.26. The van der Waals surface area contributed by atoms with Crippen molar-refractivity contribution in [3.8, 4) is 11.4 Å². The number of methoxy groups -OCH3 is 1. The normalized spacial score (nSPS) is 21.9. The Bertz CT molecular complexity index is 859. The highest BCUT2D eigenvalue weighted by molar-refractivity contribution is 5.89. The van der Waals surface area contributed by atoms with Gasteiger partial charge >= 0.3 is 0 Å². The lowest BCUT2D eigenvalue weighted by Crippen LogP contribution is -2.36. The van der Waals surface area contributed by atoms with Crippen molar-refractivity contribution in [2.45, 2.75) is 31.7 Å². The van der Waals surface area contributed by atoms with Gasteiger partial charge in [0.15, 0.2) is 0 Å². The second-order valence-electron chi connectivity index (χ2n) is 7.29. The lowest BCUT2D eigenvalue weighted by Gasteiger charge is -2.25. The van der Waals surface area contributed by atoms with Crippen molar-refractivity contribution < 1.29 is 14.3 Å². The Morgan fingerprint density at radius 1 is 1.30 bits per heavy atom. The molecule has 2 aliphatic rings. The van der Waals surface area contributed by atoms with E-state index in [-0.39, 0.29) is 23.8 Å². The lowest BCUT2D eigenvalue weighted by atomic mass is 9.92. The van der Waals surface area contributed by atoms with E-state index in [0.717, 1.165) is 42.0 Å². The molecule has 1 saturated heterocycles. The molecule has 27 heavy (non-hydrogen) atoms. The molecule has 1 fully saturated rings. The maximum absolute atomic E-state index is 12.6. The first-order valence-electron chi connectivity index (χ1n) is 9.32. The molecule has 2 heterocycles. The summed E-state index contributed by atoms with van der Waals surface area (Å²) in [7, 11) is 3.39. The molecule has 1 aromatic carbocycles. The molecular weight excluding hydrogens is 344 g/mol. The second kappa shape index (κ2) is 7.06. The first-order valence-corrected chi connectivity index (χ1v) is 9.32. The van der Waals surface area contributed by atoms with Gasteiger partial charge in [-0.05, 0) is 43.5 Å². The van der Waals surface area contributed by atoms with Gasteiger partial charge in [-0.2, -0.15) is 5.10 Å². The molecule has 0 spiro atoms. The Morgan fingerprint density at radius 2 is 2.07 bits per heavy atom. The maximum Gasteiger partial charge on any atom is 0.225 e. The first kappa shape index (κ1) is 17.6. The van der Waals surface area contributed by atoms with Crippen LogP contribution in [0.25, 0.3) is 5.69 Å². The molecule has 2 amide bonds. The summed E-state index contributed by atoms with van der Waals surface area (Å²) in [6, 6.07) is 7.75. The fourth-order valence-corrected chi connectivity index (χ4v) is 3.98. The van der Waals surface area contributed by atoms with Gasteiger partial charge < -0.3 is 15.0 Å². The van der Waals surface area contributed by atoms with Gasteiger partial charge in [0.05, 0.1) is 31.0 Å². The van der Waals surface area contributed by atoms with Gasteiger partial charge in [0.1, 0.15) is 5.75 Å². The SMILES string of the molecule is COc1ccc(-n2ncc3c2CCCC3NC(=O)C2CC(=O)N(C)C2)cc1. The summed E-state index contributed by atoms with van der Waals surface area (Å²) in [6.07, 6.45) is 4.97. The molecule has 142 valence electrons. The number of benzene rings is 1. The fraction of sp³-hybridized carbons (Fsp3) is 0.450. The van der Waals surface area contributed by atoms with E-state index in [0.29, 0.717) is 13.0 Å². The number of fused-ring (bicyclic) bond motifs is 1. The van der Waals surface area contributed by atoms with Crippen molar-refractivity contribution in [1.29, 1.82) is 0 Å². The standard InChI is InChI=1S/C20H24N4O3/c1-23-12-13(10-19(23)25)20(26)22-17-4-3-5-18-16(17)11-21-24(18)14-6-8-15(27-2)9-7-14/h6-9,11,13,17H,3-5,10,12H2,1-2H3,(H,22,26). The van der Waals surface area contributed by atoms with E-state index in [1.54, 1.807) is 19.1 Å². The largest absolute Gasteiger partial charge is 0.497 e. The number of carbonyl (C=O) groups excluding carboxylic acids is 2. The Morgan fingerprint density at radius 3 is 2.74 bits per heavy atom. The molecular formula is C20H24N4O3. The number of rotatable bonds is 4. The van der Waals surface area contributed by atoms with Crippen LogP contribution < -0.4 is 10.1 Å². The quantitative estimate of drug-likeness (QED) is 0.894. The van der Waals surface area contributed by atoms with Gasteiger partial charge in [-0.1, -0.05) is 0 Å². The predicted octanol–water partition coefficient (Wildman–Crippen LogP) is 1.85. The van der Waals surface area contributed by atoms with Gasteiger partial charge in [0, 0.05) is 31.3 Å². The zero-order valence-electron chi connectivity index (χ0n) is 15.6. The van der Waals surface area contributed by atoms with Crippen LogP contribution in [0.1, 0.15) is 36.6 Å². The molecule has 2 unspecified atom stereocenters. The first-order chi connectivity index (χ1) is 13.1. The molecule has 2 atom stereocenters. The van der Waals surface area contributed by atoms with Gasteiger partial charge in [-0.25, -0.2) is 4.68 Å². The number of likely N-dealkylation sites (tertiary alicyclic amines) is 1. The van der Waals surface area contributed by atoms with E-state index < -0.39 is 0 Å². The molecule has 4 rings (SSSR count). The molecule has 7 heteroatoms. The molecule has 0 saturated carbocycles. The Hall–Kier alpha value is -2.83. The third-order valence-corrected chi connectivity index (χ3v) is 5.53. The minimum absolute atomic E-state index is 0.0341. The zero-order chi connectivity index (χ0) is 19.0. The topological polar surface area (TPSA) is 76.5 Å². The van der Waals surface area contributed by atoms with Crippen molar-refractivity contribution in [3.63, 3.8) is 0 Å². The van der Waals surface area contributed by atoms with Crippen LogP contribution in [0.15, 0.2) is 30.5 Å². The maximum atomic E-state index is 12.6. The van der Waals surface area contributed by atoms with Crippen LogP contribution >= 0.6 is 0 Å². The van der Waals surface area contributed by atoms with Crippen LogP contribution in [0, 0.1) is 5.92 Å². The van der Waals surface area contributed by atoms with Crippen molar-refractivity contribution >= 4 is 11.8 Å². The summed E-state index contributed by atoms with van der Waals surface area (Å²) in [5.41, 5.74) is 3.19. The minimum atomic E-state index is -0.260. The third kappa shape index (κ3) is 3.29. The van der Waals surface area contributed by atoms with E-state index in [9.17, 15) is 9.59 Å². The summed E-state index contributed by atoms with van der Waals surface area (Å²) in [4.78, 5) is 26.0. The Labute approximate surface area is 158 Å². The number of nitrogens with one attached hydrogen (secondary N) is 1. The molecule has 2 aromatic rings. The molecule has 0 bridgehead atoms. The minimum Gasteiger partial charge on any atom is -0.497 e. The van der Waals surface area contributed by atoms with Crippen molar-refractivity contribution in [3.05, 3.63) is 41.7 Å². The van der Waals surface area contributed by atoms with Crippen LogP contribution in [-0.4, -0.2) is 47.2 Å². The molecule has 1 aliphatic carbocycles. The van der Waals surface area contributed by atoms with Gasteiger partial charge in [-0.3, -0.25) is 9.59 Å². The number of ether oxygens (including phenoxy) is 1. The van der Waals surface area contributed by atoms with Crippen LogP contribution in [-0.2, 0) is 16.0 Å². The fourth-order valence-electron chi connectivity index (χ4n) is 3.98. The summed E-state index contributed by atoms with van der Waals surface area (Å²) in [6.45, 7) is 0.495.